The zero-order chi connectivity index (χ0) is 56.1. The van der Waals surface area contributed by atoms with Crippen molar-refractivity contribution in [3.63, 3.8) is 0 Å². The van der Waals surface area contributed by atoms with E-state index in [1.165, 1.54) is 9.80 Å². The Kier molecular flexibility index (Phi) is 18.1. The van der Waals surface area contributed by atoms with Crippen molar-refractivity contribution in [3.8, 4) is 0 Å². The minimum absolute atomic E-state index is 0.00693. The highest BCUT2D eigenvalue weighted by molar-refractivity contribution is 5.98. The van der Waals surface area contributed by atoms with Crippen LogP contribution in [0.25, 0.3) is 0 Å². The van der Waals surface area contributed by atoms with Gasteiger partial charge in [-0.15, -0.1) is 0 Å². The van der Waals surface area contributed by atoms with Gasteiger partial charge in [0.15, 0.2) is 5.43 Å². The maximum atomic E-state index is 14.7. The fourth-order valence-electron chi connectivity index (χ4n) is 10.9. The highest BCUT2D eigenvalue weighted by Crippen LogP contribution is 2.34. The molecule has 0 radical (unpaired) electrons. The van der Waals surface area contributed by atoms with Crippen molar-refractivity contribution in [1.29, 1.82) is 0 Å². The van der Waals surface area contributed by atoms with E-state index in [1.54, 1.807) is 27.9 Å². The van der Waals surface area contributed by atoms with Crippen molar-refractivity contribution in [1.82, 2.24) is 57.3 Å². The number of fused-ring (bicyclic) bond motifs is 2. The van der Waals surface area contributed by atoms with Crippen LogP contribution in [0.15, 0.2) is 65.5 Å². The van der Waals surface area contributed by atoms with Gasteiger partial charge < -0.3 is 57.3 Å². The zero-order valence-corrected chi connectivity index (χ0v) is 46.2. The van der Waals surface area contributed by atoms with E-state index in [1.807, 2.05) is 90.1 Å². The third kappa shape index (κ3) is 13.6. The molecule has 2 aliphatic heterocycles. The Morgan fingerprint density at radius 2 is 0.948 bits per heavy atom. The number of nitrogens with one attached hydrogen (secondary N) is 9. The maximum Gasteiger partial charge on any atom is 0.268 e. The second kappa shape index (κ2) is 24.2. The van der Waals surface area contributed by atoms with Crippen LogP contribution >= 0.6 is 0 Å². The highest BCUT2D eigenvalue weighted by atomic mass is 16.2. The normalized spacial score (nSPS) is 22.7. The van der Waals surface area contributed by atoms with E-state index in [4.69, 9.17) is 0 Å². The summed E-state index contributed by atoms with van der Waals surface area (Å²) >= 11 is 0. The van der Waals surface area contributed by atoms with Gasteiger partial charge in [0.1, 0.15) is 35.6 Å². The van der Waals surface area contributed by atoms with Crippen LogP contribution < -0.4 is 48.0 Å². The molecule has 416 valence electrons. The summed E-state index contributed by atoms with van der Waals surface area (Å²) in [5.41, 5.74) is 1.50. The molecule has 20 heteroatoms. The van der Waals surface area contributed by atoms with E-state index in [0.29, 0.717) is 12.8 Å². The molecule has 4 aliphatic rings. The van der Waals surface area contributed by atoms with Gasteiger partial charge in [-0.05, 0) is 112 Å². The summed E-state index contributed by atoms with van der Waals surface area (Å²) < 4.78 is 0. The van der Waals surface area contributed by atoms with Crippen LogP contribution in [0.2, 0.25) is 0 Å². The van der Waals surface area contributed by atoms with Crippen LogP contribution in [-0.4, -0.2) is 138 Å². The maximum absolute atomic E-state index is 14.7. The van der Waals surface area contributed by atoms with Crippen molar-refractivity contribution < 1.29 is 38.4 Å². The molecule has 7 rings (SSSR count). The molecule has 3 heterocycles. The van der Waals surface area contributed by atoms with Gasteiger partial charge >= 0.3 is 0 Å². The second-order valence-electron chi connectivity index (χ2n) is 23.4. The number of pyridine rings is 1. The SMILES string of the molecule is CN[C@@H](C)C(=O)N[C@H](C(=O)N1C[C@@H](NC(=O)c2cc(=O)cc(C(=O)N[C@H]3C[C@@H](C(=O)N[C@@H]4CCCc5ccccc54)N(C(=O)[C@@H](NC(=O)[C@H](C)NC)C(C)(C)C)C3)[nH]2)C[C@H]1C(=O)N[C@@H]1CCCc2ccccc21)C(C)(C)C. The van der Waals surface area contributed by atoms with E-state index in [-0.39, 0.29) is 49.4 Å². The molecule has 0 spiro atoms. The number of hydrogen-bond acceptors (Lipinski definition) is 11. The number of hydrogen-bond donors (Lipinski definition) is 9. The molecular weight excluding hydrogens is 983 g/mol. The van der Waals surface area contributed by atoms with Gasteiger partial charge in [-0.2, -0.15) is 0 Å². The third-order valence-electron chi connectivity index (χ3n) is 15.6. The summed E-state index contributed by atoms with van der Waals surface area (Å²) in [7, 11) is 3.26. The summed E-state index contributed by atoms with van der Waals surface area (Å²) in [6.07, 6.45) is 4.86. The Labute approximate surface area is 451 Å². The van der Waals surface area contributed by atoms with Gasteiger partial charge in [0.2, 0.25) is 35.4 Å². The molecule has 2 aliphatic carbocycles. The molecule has 0 bridgehead atoms. The van der Waals surface area contributed by atoms with Crippen molar-refractivity contribution in [2.45, 2.75) is 167 Å². The lowest BCUT2D eigenvalue weighted by molar-refractivity contribution is -0.144. The molecule has 1 aromatic heterocycles. The Bertz CT molecular complexity index is 2600. The van der Waals surface area contributed by atoms with Gasteiger partial charge in [0, 0.05) is 37.3 Å². The first-order valence-corrected chi connectivity index (χ1v) is 27.1. The fraction of sp³-hybridized carbons (Fsp3) is 0.561. The van der Waals surface area contributed by atoms with Crippen LogP contribution in [0.4, 0.5) is 0 Å². The zero-order valence-electron chi connectivity index (χ0n) is 46.2. The van der Waals surface area contributed by atoms with Crippen molar-refractivity contribution >= 4 is 47.3 Å². The van der Waals surface area contributed by atoms with Crippen LogP contribution in [0, 0.1) is 10.8 Å². The standard InChI is InChI=1S/C57H79N11O9/c1-31(58-9)48(70)65-46(56(3,4)5)54(76)67-29-35(25-44(67)52(74)63-40-23-15-19-33-17-11-13-21-38(33)40)60-50(72)42-27-37(69)28-43(62-42)51(73)61-36-26-45(53(75)64-41-24-16-20-34-18-12-14-22-39(34)41)68(30-36)55(77)47(57(6,7)8)66-49(71)32(2)59-10/h11-14,17-18,21-22,27-28,31-32,35-36,40-41,44-47,58-59H,15-16,19-20,23-26,29-30H2,1-10H3,(H,60,72)(H,61,73)(H,62,69)(H,63,74)(H,64,75)(H,65,70)(H,66,71)/t31-,32-,35-,36-,40+,41+,44-,45-,46+,47+/m0/s1. The number of benzene rings is 2. The number of H-pyrrole nitrogens is 1. The fourth-order valence-corrected chi connectivity index (χ4v) is 10.9. The number of carbonyl (C=O) groups excluding carboxylic acids is 8. The van der Waals surface area contributed by atoms with Crippen LogP contribution in [0.1, 0.15) is 149 Å². The highest BCUT2D eigenvalue weighted by Gasteiger charge is 2.48. The second-order valence-corrected chi connectivity index (χ2v) is 23.4. The minimum atomic E-state index is -1.05. The topological polar surface area (TPSA) is 272 Å². The number of likely N-dealkylation sites (tertiary alicyclic amines) is 2. The van der Waals surface area contributed by atoms with Crippen molar-refractivity contribution in [2.24, 2.45) is 10.8 Å². The minimum Gasteiger partial charge on any atom is -0.347 e. The first-order chi connectivity index (χ1) is 36.4. The predicted octanol–water partition coefficient (Wildman–Crippen LogP) is 2.44. The van der Waals surface area contributed by atoms with Gasteiger partial charge in [0.05, 0.1) is 24.2 Å². The first kappa shape index (κ1) is 57.8. The molecule has 77 heavy (non-hydrogen) atoms. The first-order valence-electron chi connectivity index (χ1n) is 27.1. The molecule has 2 aromatic carbocycles. The molecule has 9 N–H and O–H groups in total. The van der Waals surface area contributed by atoms with Crippen molar-refractivity contribution in [3.05, 3.63) is 105 Å². The monoisotopic (exact) mass is 1060 g/mol. The molecule has 8 amide bonds. The number of nitrogens with zero attached hydrogens (tertiary/aromatic N) is 2. The quantitative estimate of drug-likeness (QED) is 0.101. The van der Waals surface area contributed by atoms with Crippen LogP contribution in [0.3, 0.4) is 0 Å². The number of aromatic nitrogens is 1. The molecule has 20 nitrogen and oxygen atoms in total. The summed E-state index contributed by atoms with van der Waals surface area (Å²) in [5, 5.41) is 23.7. The average Bonchev–Trinajstić information content (AvgIpc) is 4.06. The Balaban J connectivity index is 1.10. The van der Waals surface area contributed by atoms with E-state index < -0.39 is 112 Å². The third-order valence-corrected chi connectivity index (χ3v) is 15.6. The molecule has 0 unspecified atom stereocenters. The predicted molar refractivity (Wildman–Crippen MR) is 290 cm³/mol. The lowest BCUT2D eigenvalue weighted by Gasteiger charge is -2.36. The number of carbonyl (C=O) groups is 8. The largest absolute Gasteiger partial charge is 0.347 e. The van der Waals surface area contributed by atoms with Crippen LogP contribution in [0.5, 0.6) is 0 Å². The molecule has 0 saturated carbocycles. The molecule has 3 aromatic rings. The Morgan fingerprint density at radius 1 is 0.571 bits per heavy atom. The summed E-state index contributed by atoms with van der Waals surface area (Å²) in [5.74, 6) is -4.21. The lowest BCUT2D eigenvalue weighted by atomic mass is 9.85. The van der Waals surface area contributed by atoms with Crippen molar-refractivity contribution in [2.75, 3.05) is 27.2 Å². The Hall–Kier alpha value is -6.93. The van der Waals surface area contributed by atoms with Gasteiger partial charge in [-0.1, -0.05) is 90.1 Å². The van der Waals surface area contributed by atoms with E-state index >= 15 is 0 Å². The molecule has 10 atom stereocenters. The number of rotatable bonds is 16. The summed E-state index contributed by atoms with van der Waals surface area (Å²) in [6, 6.07) is 10.3. The van der Waals surface area contributed by atoms with E-state index in [0.717, 1.165) is 60.1 Å². The summed E-state index contributed by atoms with van der Waals surface area (Å²) in [4.78, 5) is 132. The Morgan fingerprint density at radius 3 is 1.31 bits per heavy atom. The number of aromatic amines is 1. The number of likely N-dealkylation sites (N-methyl/N-ethyl adjacent to an activating group) is 2. The van der Waals surface area contributed by atoms with E-state index in [2.05, 4.69) is 47.5 Å². The van der Waals surface area contributed by atoms with Gasteiger partial charge in [-0.25, -0.2) is 0 Å². The lowest BCUT2D eigenvalue weighted by Crippen LogP contribution is -2.59. The number of amides is 8. The molecule has 2 saturated heterocycles. The van der Waals surface area contributed by atoms with Gasteiger partial charge in [0.25, 0.3) is 11.8 Å². The molecule has 2 fully saturated rings. The van der Waals surface area contributed by atoms with E-state index in [9.17, 15) is 43.2 Å². The number of aryl methyl sites for hydroxylation is 2. The average molecular weight is 1060 g/mol. The molecular formula is C57H79N11O9. The van der Waals surface area contributed by atoms with Crippen LogP contribution in [-0.2, 0) is 41.6 Å². The smallest absolute Gasteiger partial charge is 0.268 e. The summed E-state index contributed by atoms with van der Waals surface area (Å²) in [6.45, 7) is 14.0. The van der Waals surface area contributed by atoms with Gasteiger partial charge in [-0.3, -0.25) is 43.2 Å².